The van der Waals surface area contributed by atoms with Crippen molar-refractivity contribution in [3.05, 3.63) is 46.8 Å². The Bertz CT molecular complexity index is 766. The van der Waals surface area contributed by atoms with Gasteiger partial charge >= 0.3 is 0 Å². The molecule has 148 valence electrons. The second-order valence-electron chi connectivity index (χ2n) is 6.77. The SMILES string of the molecule is CCN(CC)[C@H](CNC(=O)Cc1c(C)nn(C)c1C)c1cccc(OC)c1. The molecule has 0 radical (unpaired) electrons. The number of aryl methyl sites for hydroxylation is 2. The molecule has 6 heteroatoms. The monoisotopic (exact) mass is 372 g/mol. The maximum absolute atomic E-state index is 12.6. The number of hydrogen-bond acceptors (Lipinski definition) is 4. The number of ether oxygens (including phenoxy) is 1. The van der Waals surface area contributed by atoms with Crippen LogP contribution >= 0.6 is 0 Å². The standard InChI is InChI=1S/C21H32N4O2/c1-7-25(8-2)20(17-10-9-11-18(12-17)27-6)14-22-21(26)13-19-15(3)23-24(5)16(19)4/h9-12,20H,7-8,13-14H2,1-6H3,(H,22,26)/t20-/m1/s1. The molecule has 27 heavy (non-hydrogen) atoms. The molecule has 0 unspecified atom stereocenters. The molecule has 0 aliphatic rings. The molecule has 0 saturated heterocycles. The minimum Gasteiger partial charge on any atom is -0.497 e. The highest BCUT2D eigenvalue weighted by Gasteiger charge is 2.20. The maximum atomic E-state index is 12.6. The molecular weight excluding hydrogens is 340 g/mol. The van der Waals surface area contributed by atoms with Crippen molar-refractivity contribution in [1.29, 1.82) is 0 Å². The van der Waals surface area contributed by atoms with Crippen molar-refractivity contribution in [1.82, 2.24) is 20.0 Å². The molecule has 1 amide bonds. The number of nitrogens with one attached hydrogen (secondary N) is 1. The van der Waals surface area contributed by atoms with Crippen LogP contribution in [0.5, 0.6) is 5.75 Å². The van der Waals surface area contributed by atoms with E-state index in [9.17, 15) is 4.79 Å². The van der Waals surface area contributed by atoms with Crippen LogP contribution < -0.4 is 10.1 Å². The van der Waals surface area contributed by atoms with Crippen LogP contribution in [-0.4, -0.2) is 47.3 Å². The number of rotatable bonds is 9. The normalized spacial score (nSPS) is 12.3. The van der Waals surface area contributed by atoms with Gasteiger partial charge in [-0.05, 0) is 44.6 Å². The van der Waals surface area contributed by atoms with Crippen LogP contribution in [0, 0.1) is 13.8 Å². The van der Waals surface area contributed by atoms with Gasteiger partial charge in [0.15, 0.2) is 0 Å². The zero-order chi connectivity index (χ0) is 20.0. The molecule has 1 N–H and O–H groups in total. The maximum Gasteiger partial charge on any atom is 0.224 e. The van der Waals surface area contributed by atoms with Crippen LogP contribution in [0.2, 0.25) is 0 Å². The quantitative estimate of drug-likeness (QED) is 0.735. The Morgan fingerprint density at radius 3 is 2.56 bits per heavy atom. The van der Waals surface area contributed by atoms with E-state index in [-0.39, 0.29) is 11.9 Å². The van der Waals surface area contributed by atoms with E-state index in [1.54, 1.807) is 7.11 Å². The summed E-state index contributed by atoms with van der Waals surface area (Å²) in [4.78, 5) is 14.9. The minimum absolute atomic E-state index is 0.0225. The Morgan fingerprint density at radius 1 is 1.30 bits per heavy atom. The summed E-state index contributed by atoms with van der Waals surface area (Å²) in [5, 5.41) is 7.52. The molecule has 1 atom stereocenters. The summed E-state index contributed by atoms with van der Waals surface area (Å²) < 4.78 is 7.20. The van der Waals surface area contributed by atoms with Gasteiger partial charge in [-0.1, -0.05) is 26.0 Å². The van der Waals surface area contributed by atoms with Crippen LogP contribution in [0.25, 0.3) is 0 Å². The van der Waals surface area contributed by atoms with Crippen molar-refractivity contribution in [2.45, 2.75) is 40.2 Å². The zero-order valence-corrected chi connectivity index (χ0v) is 17.4. The zero-order valence-electron chi connectivity index (χ0n) is 17.4. The lowest BCUT2D eigenvalue weighted by Gasteiger charge is -2.30. The molecule has 0 saturated carbocycles. The van der Waals surface area contributed by atoms with Gasteiger partial charge in [-0.3, -0.25) is 14.4 Å². The van der Waals surface area contributed by atoms with Crippen LogP contribution in [0.4, 0.5) is 0 Å². The molecule has 0 spiro atoms. The van der Waals surface area contributed by atoms with Crippen molar-refractivity contribution in [2.75, 3.05) is 26.7 Å². The molecule has 0 bridgehead atoms. The number of carbonyl (C=O) groups is 1. The Balaban J connectivity index is 2.12. The van der Waals surface area contributed by atoms with Gasteiger partial charge in [0, 0.05) is 24.8 Å². The second kappa shape index (κ2) is 9.55. The topological polar surface area (TPSA) is 59.4 Å². The molecule has 1 aromatic carbocycles. The second-order valence-corrected chi connectivity index (χ2v) is 6.77. The van der Waals surface area contributed by atoms with Crippen LogP contribution in [0.3, 0.4) is 0 Å². The Labute approximate surface area is 162 Å². The lowest BCUT2D eigenvalue weighted by Crippen LogP contribution is -2.38. The lowest BCUT2D eigenvalue weighted by atomic mass is 10.0. The molecule has 1 heterocycles. The number of aromatic nitrogens is 2. The van der Waals surface area contributed by atoms with Gasteiger partial charge < -0.3 is 10.1 Å². The fourth-order valence-electron chi connectivity index (χ4n) is 3.48. The van der Waals surface area contributed by atoms with Crippen molar-refractivity contribution in [3.8, 4) is 5.75 Å². The number of nitrogens with zero attached hydrogens (tertiary/aromatic N) is 3. The number of benzene rings is 1. The van der Waals surface area contributed by atoms with E-state index >= 15 is 0 Å². The Hall–Kier alpha value is -2.34. The van der Waals surface area contributed by atoms with Gasteiger partial charge in [-0.25, -0.2) is 0 Å². The molecule has 0 fully saturated rings. The highest BCUT2D eigenvalue weighted by atomic mass is 16.5. The molecule has 2 rings (SSSR count). The number of methoxy groups -OCH3 is 1. The lowest BCUT2D eigenvalue weighted by molar-refractivity contribution is -0.120. The molecule has 1 aromatic heterocycles. The first-order valence-corrected chi connectivity index (χ1v) is 9.54. The third kappa shape index (κ3) is 5.10. The van der Waals surface area contributed by atoms with E-state index in [4.69, 9.17) is 4.74 Å². The predicted molar refractivity (Wildman–Crippen MR) is 108 cm³/mol. The molecule has 2 aromatic rings. The van der Waals surface area contributed by atoms with Gasteiger partial charge in [0.2, 0.25) is 5.91 Å². The molecule has 6 nitrogen and oxygen atoms in total. The number of amides is 1. The smallest absolute Gasteiger partial charge is 0.224 e. The molecular formula is C21H32N4O2. The summed E-state index contributed by atoms with van der Waals surface area (Å²) in [5.74, 6) is 0.854. The summed E-state index contributed by atoms with van der Waals surface area (Å²) in [5.41, 5.74) is 4.11. The summed E-state index contributed by atoms with van der Waals surface area (Å²) in [7, 11) is 3.58. The first-order valence-electron chi connectivity index (χ1n) is 9.54. The van der Waals surface area contributed by atoms with Gasteiger partial charge in [0.25, 0.3) is 0 Å². The van der Waals surface area contributed by atoms with E-state index < -0.39 is 0 Å². The highest BCUT2D eigenvalue weighted by molar-refractivity contribution is 5.79. The van der Waals surface area contributed by atoms with E-state index in [0.29, 0.717) is 13.0 Å². The van der Waals surface area contributed by atoms with Crippen LogP contribution in [0.15, 0.2) is 24.3 Å². The fraction of sp³-hybridized carbons (Fsp3) is 0.524. The molecule has 0 aliphatic carbocycles. The first-order chi connectivity index (χ1) is 12.9. The number of hydrogen-bond donors (Lipinski definition) is 1. The minimum atomic E-state index is 0.0225. The summed E-state index contributed by atoms with van der Waals surface area (Å²) in [6, 6.07) is 8.18. The van der Waals surface area contributed by atoms with E-state index in [1.807, 2.05) is 43.8 Å². The summed E-state index contributed by atoms with van der Waals surface area (Å²) >= 11 is 0. The van der Waals surface area contributed by atoms with E-state index in [0.717, 1.165) is 41.4 Å². The van der Waals surface area contributed by atoms with Crippen molar-refractivity contribution >= 4 is 5.91 Å². The number of likely N-dealkylation sites (N-methyl/N-ethyl adjacent to an activating group) is 1. The van der Waals surface area contributed by atoms with Crippen LogP contribution in [-0.2, 0) is 18.3 Å². The van der Waals surface area contributed by atoms with E-state index in [2.05, 4.69) is 35.2 Å². The fourth-order valence-corrected chi connectivity index (χ4v) is 3.48. The van der Waals surface area contributed by atoms with E-state index in [1.165, 1.54) is 0 Å². The third-order valence-electron chi connectivity index (χ3n) is 5.22. The summed E-state index contributed by atoms with van der Waals surface area (Å²) in [6.07, 6.45) is 0.356. The van der Waals surface area contributed by atoms with Gasteiger partial charge in [0.1, 0.15) is 5.75 Å². The van der Waals surface area contributed by atoms with Gasteiger partial charge in [0.05, 0.1) is 25.3 Å². The van der Waals surface area contributed by atoms with Crippen molar-refractivity contribution < 1.29 is 9.53 Å². The van der Waals surface area contributed by atoms with Gasteiger partial charge in [-0.15, -0.1) is 0 Å². The predicted octanol–water partition coefficient (Wildman–Crippen LogP) is 2.79. The molecule has 0 aliphatic heterocycles. The highest BCUT2D eigenvalue weighted by Crippen LogP contribution is 2.24. The first kappa shape index (κ1) is 21.0. The third-order valence-corrected chi connectivity index (χ3v) is 5.22. The summed E-state index contributed by atoms with van der Waals surface area (Å²) in [6.45, 7) is 10.6. The number of carbonyl (C=O) groups excluding carboxylic acids is 1. The van der Waals surface area contributed by atoms with Gasteiger partial charge in [-0.2, -0.15) is 5.10 Å². The average molecular weight is 373 g/mol. The Morgan fingerprint density at radius 2 is 2.00 bits per heavy atom. The Kier molecular flexibility index (Phi) is 7.42. The van der Waals surface area contributed by atoms with Crippen molar-refractivity contribution in [3.63, 3.8) is 0 Å². The van der Waals surface area contributed by atoms with Crippen LogP contribution in [0.1, 0.15) is 42.4 Å². The van der Waals surface area contributed by atoms with Crippen molar-refractivity contribution in [2.24, 2.45) is 7.05 Å². The average Bonchev–Trinajstić information content (AvgIpc) is 2.91. The largest absolute Gasteiger partial charge is 0.497 e.